The van der Waals surface area contributed by atoms with Crippen LogP contribution in [0.3, 0.4) is 0 Å². The zero-order chi connectivity index (χ0) is 13.6. The first-order valence-corrected chi connectivity index (χ1v) is 5.04. The highest BCUT2D eigenvalue weighted by Gasteiger charge is 2.32. The van der Waals surface area contributed by atoms with Gasteiger partial charge in [-0.1, -0.05) is 0 Å². The first-order valence-electron chi connectivity index (χ1n) is 5.04. The second-order valence-electron chi connectivity index (χ2n) is 3.24. The molecule has 4 N–H and O–H groups in total. The third kappa shape index (κ3) is 6.20. The zero-order valence-electron chi connectivity index (χ0n) is 9.70. The van der Waals surface area contributed by atoms with Crippen molar-refractivity contribution in [3.63, 3.8) is 0 Å². The lowest BCUT2D eigenvalue weighted by Gasteiger charge is -2.08. The summed E-state index contributed by atoms with van der Waals surface area (Å²) in [5.41, 5.74) is 4.03. The summed E-state index contributed by atoms with van der Waals surface area (Å²) in [7, 11) is 0. The summed E-state index contributed by atoms with van der Waals surface area (Å²) in [5, 5.41) is 5.00. The van der Waals surface area contributed by atoms with E-state index in [1.165, 1.54) is 0 Å². The summed E-state index contributed by atoms with van der Waals surface area (Å²) in [4.78, 5) is 17.7. The standard InChI is InChI=1S/C9H12F3N5O.ClH/c10-9(11,12)6-1-2-15-8(17-6)16-4-3-14-7(18)5-13;/h1-2H,3-5,13H2,(H,14,18)(H,15,16,17);1H. The molecule has 0 aromatic carbocycles. The molecule has 0 aliphatic carbocycles. The lowest BCUT2D eigenvalue weighted by Crippen LogP contribution is -2.33. The molecule has 19 heavy (non-hydrogen) atoms. The number of anilines is 1. The number of nitrogens with two attached hydrogens (primary N) is 1. The van der Waals surface area contributed by atoms with E-state index in [1.807, 2.05) is 0 Å². The van der Waals surface area contributed by atoms with E-state index in [0.29, 0.717) is 0 Å². The van der Waals surface area contributed by atoms with Crippen molar-refractivity contribution >= 4 is 24.3 Å². The van der Waals surface area contributed by atoms with Crippen LogP contribution in [0.1, 0.15) is 5.69 Å². The van der Waals surface area contributed by atoms with Crippen LogP contribution in [-0.4, -0.2) is 35.5 Å². The van der Waals surface area contributed by atoms with Crippen molar-refractivity contribution in [3.8, 4) is 0 Å². The van der Waals surface area contributed by atoms with Crippen molar-refractivity contribution in [2.75, 3.05) is 25.0 Å². The Morgan fingerprint density at radius 2 is 2.05 bits per heavy atom. The average molecular weight is 300 g/mol. The molecule has 0 bridgehead atoms. The Kier molecular flexibility index (Phi) is 7.09. The molecule has 10 heteroatoms. The minimum absolute atomic E-state index is 0. The number of rotatable bonds is 5. The van der Waals surface area contributed by atoms with E-state index in [0.717, 1.165) is 12.3 Å². The molecule has 1 amide bonds. The number of alkyl halides is 3. The van der Waals surface area contributed by atoms with Gasteiger partial charge in [-0.2, -0.15) is 13.2 Å². The molecule has 1 heterocycles. The Labute approximate surface area is 113 Å². The topological polar surface area (TPSA) is 92.9 Å². The molecule has 0 saturated heterocycles. The molecule has 0 aliphatic heterocycles. The van der Waals surface area contributed by atoms with Gasteiger partial charge in [-0.25, -0.2) is 9.97 Å². The molecule has 6 nitrogen and oxygen atoms in total. The van der Waals surface area contributed by atoms with Gasteiger partial charge in [-0.3, -0.25) is 4.79 Å². The van der Waals surface area contributed by atoms with Gasteiger partial charge in [-0.15, -0.1) is 12.4 Å². The summed E-state index contributed by atoms with van der Waals surface area (Å²) in [6.07, 6.45) is -3.50. The normalized spacial score (nSPS) is 10.5. The molecule has 0 spiro atoms. The number of nitrogens with zero attached hydrogens (tertiary/aromatic N) is 2. The van der Waals surface area contributed by atoms with Gasteiger partial charge in [0.25, 0.3) is 0 Å². The van der Waals surface area contributed by atoms with Crippen LogP contribution < -0.4 is 16.4 Å². The van der Waals surface area contributed by atoms with Crippen molar-refractivity contribution in [1.82, 2.24) is 15.3 Å². The molecule has 1 rings (SSSR count). The second kappa shape index (κ2) is 7.74. The Morgan fingerprint density at radius 3 is 2.63 bits per heavy atom. The van der Waals surface area contributed by atoms with Crippen LogP contribution in [0.5, 0.6) is 0 Å². The summed E-state index contributed by atoms with van der Waals surface area (Å²) in [5.74, 6) is -0.492. The van der Waals surface area contributed by atoms with Gasteiger partial charge in [0.1, 0.15) is 5.69 Å². The first-order chi connectivity index (χ1) is 8.43. The third-order valence-electron chi connectivity index (χ3n) is 1.86. The van der Waals surface area contributed by atoms with Crippen LogP contribution in [0.2, 0.25) is 0 Å². The van der Waals surface area contributed by atoms with Gasteiger partial charge >= 0.3 is 6.18 Å². The van der Waals surface area contributed by atoms with E-state index >= 15 is 0 Å². The van der Waals surface area contributed by atoms with Crippen molar-refractivity contribution in [1.29, 1.82) is 0 Å². The fraction of sp³-hybridized carbons (Fsp3) is 0.444. The Bertz CT molecular complexity index is 415. The molecular weight excluding hydrogens is 287 g/mol. The second-order valence-corrected chi connectivity index (χ2v) is 3.24. The quantitative estimate of drug-likeness (QED) is 0.685. The summed E-state index contributed by atoms with van der Waals surface area (Å²) < 4.78 is 37.0. The summed E-state index contributed by atoms with van der Waals surface area (Å²) in [6.45, 7) is 0.281. The van der Waals surface area contributed by atoms with Crippen molar-refractivity contribution in [2.24, 2.45) is 5.73 Å². The summed E-state index contributed by atoms with van der Waals surface area (Å²) >= 11 is 0. The van der Waals surface area contributed by atoms with Crippen LogP contribution in [0.15, 0.2) is 12.3 Å². The number of aromatic nitrogens is 2. The smallest absolute Gasteiger partial charge is 0.353 e. The predicted molar refractivity (Wildman–Crippen MR) is 64.8 cm³/mol. The molecule has 0 saturated carbocycles. The Balaban J connectivity index is 0.00000324. The maximum absolute atomic E-state index is 12.3. The van der Waals surface area contributed by atoms with E-state index in [1.54, 1.807) is 0 Å². The van der Waals surface area contributed by atoms with E-state index < -0.39 is 11.9 Å². The van der Waals surface area contributed by atoms with E-state index in [-0.39, 0.29) is 43.9 Å². The molecule has 0 unspecified atom stereocenters. The molecule has 0 radical (unpaired) electrons. The van der Waals surface area contributed by atoms with Crippen LogP contribution in [0.4, 0.5) is 19.1 Å². The largest absolute Gasteiger partial charge is 0.433 e. The van der Waals surface area contributed by atoms with Crippen LogP contribution in [0.25, 0.3) is 0 Å². The molecule has 0 aliphatic rings. The molecule has 0 atom stereocenters. The van der Waals surface area contributed by atoms with E-state index in [2.05, 4.69) is 20.6 Å². The molecule has 0 fully saturated rings. The number of hydrogen-bond acceptors (Lipinski definition) is 5. The minimum Gasteiger partial charge on any atom is -0.353 e. The first kappa shape index (κ1) is 17.4. The third-order valence-corrected chi connectivity index (χ3v) is 1.86. The van der Waals surface area contributed by atoms with Gasteiger partial charge < -0.3 is 16.4 Å². The highest BCUT2D eigenvalue weighted by Crippen LogP contribution is 2.27. The van der Waals surface area contributed by atoms with Crippen LogP contribution in [-0.2, 0) is 11.0 Å². The van der Waals surface area contributed by atoms with Crippen molar-refractivity contribution < 1.29 is 18.0 Å². The number of halogens is 4. The van der Waals surface area contributed by atoms with Gasteiger partial charge in [-0.05, 0) is 6.07 Å². The fourth-order valence-electron chi connectivity index (χ4n) is 1.05. The Hall–Kier alpha value is -1.61. The summed E-state index contributed by atoms with van der Waals surface area (Å²) in [6, 6.07) is 0.779. The molecule has 108 valence electrons. The van der Waals surface area contributed by atoms with Crippen LogP contribution >= 0.6 is 12.4 Å². The van der Waals surface area contributed by atoms with E-state index in [4.69, 9.17) is 5.73 Å². The number of carbonyl (C=O) groups is 1. The maximum atomic E-state index is 12.3. The van der Waals surface area contributed by atoms with Crippen molar-refractivity contribution in [3.05, 3.63) is 18.0 Å². The number of carbonyl (C=O) groups excluding carboxylic acids is 1. The fourth-order valence-corrected chi connectivity index (χ4v) is 1.05. The highest BCUT2D eigenvalue weighted by molar-refractivity contribution is 5.85. The highest BCUT2D eigenvalue weighted by atomic mass is 35.5. The number of hydrogen-bond donors (Lipinski definition) is 3. The molecule has 1 aromatic heterocycles. The SMILES string of the molecule is Cl.NCC(=O)NCCNc1nccc(C(F)(F)F)n1. The molecule has 1 aromatic rings. The minimum atomic E-state index is -4.51. The zero-order valence-corrected chi connectivity index (χ0v) is 10.5. The Morgan fingerprint density at radius 1 is 1.37 bits per heavy atom. The monoisotopic (exact) mass is 299 g/mol. The lowest BCUT2D eigenvalue weighted by molar-refractivity contribution is -0.141. The molecular formula is C9H13ClF3N5O. The van der Waals surface area contributed by atoms with Gasteiger partial charge in [0.15, 0.2) is 0 Å². The van der Waals surface area contributed by atoms with Gasteiger partial charge in [0.05, 0.1) is 6.54 Å². The van der Waals surface area contributed by atoms with Crippen LogP contribution in [0, 0.1) is 0 Å². The number of amides is 1. The van der Waals surface area contributed by atoms with E-state index in [9.17, 15) is 18.0 Å². The van der Waals surface area contributed by atoms with Crippen molar-refractivity contribution in [2.45, 2.75) is 6.18 Å². The maximum Gasteiger partial charge on any atom is 0.433 e. The lowest BCUT2D eigenvalue weighted by atomic mass is 10.4. The number of nitrogens with one attached hydrogen (secondary N) is 2. The predicted octanol–water partition coefficient (Wildman–Crippen LogP) is 0.404. The average Bonchev–Trinajstić information content (AvgIpc) is 2.33. The van der Waals surface area contributed by atoms with Gasteiger partial charge in [0.2, 0.25) is 11.9 Å². The van der Waals surface area contributed by atoms with Gasteiger partial charge in [0, 0.05) is 19.3 Å².